The van der Waals surface area contributed by atoms with Crippen molar-refractivity contribution in [1.29, 1.82) is 0 Å². The van der Waals surface area contributed by atoms with Gasteiger partial charge in [0.2, 0.25) is 11.8 Å². The molecule has 0 bridgehead atoms. The molecule has 1 saturated heterocycles. The third-order valence-electron chi connectivity index (χ3n) is 3.57. The van der Waals surface area contributed by atoms with E-state index in [-0.39, 0.29) is 24.4 Å². The van der Waals surface area contributed by atoms with E-state index in [4.69, 9.17) is 10.5 Å². The standard InChI is InChI=1S/C12H23N3O3/c1-11(2,9(16)14-4)6-15-10(17)12(3)7-18-5-8(12)13/h8H,5-7,13H2,1-4H3,(H,14,16)(H,15,17). The van der Waals surface area contributed by atoms with E-state index in [0.717, 1.165) is 0 Å². The van der Waals surface area contributed by atoms with Crippen LogP contribution in [0.25, 0.3) is 0 Å². The fraction of sp³-hybridized carbons (Fsp3) is 0.833. The van der Waals surface area contributed by atoms with Crippen LogP contribution in [-0.4, -0.2) is 44.7 Å². The van der Waals surface area contributed by atoms with Gasteiger partial charge in [-0.05, 0) is 20.8 Å². The van der Waals surface area contributed by atoms with Crippen LogP contribution in [0.15, 0.2) is 0 Å². The van der Waals surface area contributed by atoms with Crippen molar-refractivity contribution in [2.75, 3.05) is 26.8 Å². The van der Waals surface area contributed by atoms with Gasteiger partial charge in [0, 0.05) is 19.6 Å². The summed E-state index contributed by atoms with van der Waals surface area (Å²) in [5.74, 6) is -0.274. The second-order valence-electron chi connectivity index (χ2n) is 5.68. The Kier molecular flexibility index (Phi) is 4.34. The lowest BCUT2D eigenvalue weighted by atomic mass is 9.84. The van der Waals surface area contributed by atoms with Gasteiger partial charge in [0.1, 0.15) is 0 Å². The van der Waals surface area contributed by atoms with Crippen molar-refractivity contribution in [3.8, 4) is 0 Å². The van der Waals surface area contributed by atoms with Gasteiger partial charge < -0.3 is 21.1 Å². The van der Waals surface area contributed by atoms with E-state index < -0.39 is 10.8 Å². The summed E-state index contributed by atoms with van der Waals surface area (Å²) in [4.78, 5) is 23.7. The molecule has 6 heteroatoms. The molecule has 2 amide bonds. The number of hydrogen-bond acceptors (Lipinski definition) is 4. The van der Waals surface area contributed by atoms with Crippen molar-refractivity contribution >= 4 is 11.8 Å². The Morgan fingerprint density at radius 1 is 1.50 bits per heavy atom. The molecule has 1 heterocycles. The van der Waals surface area contributed by atoms with E-state index >= 15 is 0 Å². The molecule has 1 fully saturated rings. The molecule has 0 saturated carbocycles. The smallest absolute Gasteiger partial charge is 0.229 e. The molecule has 18 heavy (non-hydrogen) atoms. The lowest BCUT2D eigenvalue weighted by Gasteiger charge is -2.29. The number of ether oxygens (including phenoxy) is 1. The van der Waals surface area contributed by atoms with Crippen LogP contribution in [0.3, 0.4) is 0 Å². The predicted octanol–water partition coefficient (Wildman–Crippen LogP) is -0.761. The van der Waals surface area contributed by atoms with Gasteiger partial charge in [-0.25, -0.2) is 0 Å². The van der Waals surface area contributed by atoms with Crippen LogP contribution >= 0.6 is 0 Å². The Bertz CT molecular complexity index is 343. The summed E-state index contributed by atoms with van der Waals surface area (Å²) in [6.45, 7) is 6.32. The van der Waals surface area contributed by atoms with Crippen LogP contribution in [0.5, 0.6) is 0 Å². The second kappa shape index (κ2) is 5.24. The maximum Gasteiger partial charge on any atom is 0.229 e. The minimum atomic E-state index is -0.710. The van der Waals surface area contributed by atoms with E-state index in [1.54, 1.807) is 27.8 Å². The molecule has 4 N–H and O–H groups in total. The highest BCUT2D eigenvalue weighted by molar-refractivity contribution is 5.86. The van der Waals surface area contributed by atoms with Gasteiger partial charge in [-0.1, -0.05) is 0 Å². The highest BCUT2D eigenvalue weighted by Crippen LogP contribution is 2.27. The van der Waals surface area contributed by atoms with Gasteiger partial charge >= 0.3 is 0 Å². The van der Waals surface area contributed by atoms with Crippen molar-refractivity contribution in [3.05, 3.63) is 0 Å². The van der Waals surface area contributed by atoms with Gasteiger partial charge in [0.25, 0.3) is 0 Å². The average Bonchev–Trinajstić information content (AvgIpc) is 2.66. The molecule has 2 atom stereocenters. The Morgan fingerprint density at radius 3 is 2.56 bits per heavy atom. The van der Waals surface area contributed by atoms with Gasteiger partial charge in [-0.15, -0.1) is 0 Å². The zero-order valence-electron chi connectivity index (χ0n) is 11.5. The molecule has 1 aliphatic rings. The number of hydrogen-bond donors (Lipinski definition) is 3. The molecule has 0 radical (unpaired) electrons. The van der Waals surface area contributed by atoms with E-state index in [0.29, 0.717) is 13.2 Å². The largest absolute Gasteiger partial charge is 0.379 e. The molecule has 104 valence electrons. The molecule has 0 spiro atoms. The molecular weight excluding hydrogens is 234 g/mol. The van der Waals surface area contributed by atoms with Gasteiger partial charge in [0.05, 0.1) is 24.0 Å². The van der Waals surface area contributed by atoms with Crippen molar-refractivity contribution in [1.82, 2.24) is 10.6 Å². The van der Waals surface area contributed by atoms with E-state index in [1.807, 2.05) is 0 Å². The Balaban J connectivity index is 2.59. The molecular formula is C12H23N3O3. The summed E-state index contributed by atoms with van der Waals surface area (Å²) in [7, 11) is 1.58. The topological polar surface area (TPSA) is 93.5 Å². The summed E-state index contributed by atoms with van der Waals surface area (Å²) in [6, 6.07) is -0.305. The van der Waals surface area contributed by atoms with Crippen molar-refractivity contribution in [2.45, 2.75) is 26.8 Å². The molecule has 0 aromatic heterocycles. The van der Waals surface area contributed by atoms with Gasteiger partial charge in [-0.3, -0.25) is 9.59 Å². The first-order valence-corrected chi connectivity index (χ1v) is 6.08. The summed E-state index contributed by atoms with van der Waals surface area (Å²) in [6.07, 6.45) is 0. The van der Waals surface area contributed by atoms with Crippen LogP contribution in [0.2, 0.25) is 0 Å². The van der Waals surface area contributed by atoms with E-state index in [2.05, 4.69) is 10.6 Å². The fourth-order valence-electron chi connectivity index (χ4n) is 1.84. The summed E-state index contributed by atoms with van der Waals surface area (Å²) in [5.41, 5.74) is 4.52. The summed E-state index contributed by atoms with van der Waals surface area (Å²) >= 11 is 0. The van der Waals surface area contributed by atoms with E-state index in [9.17, 15) is 9.59 Å². The number of nitrogens with two attached hydrogens (primary N) is 1. The quantitative estimate of drug-likeness (QED) is 0.617. The molecule has 1 rings (SSSR count). The zero-order valence-corrected chi connectivity index (χ0v) is 11.5. The molecule has 0 aliphatic carbocycles. The monoisotopic (exact) mass is 257 g/mol. The zero-order chi connectivity index (χ0) is 14.0. The van der Waals surface area contributed by atoms with E-state index in [1.165, 1.54) is 0 Å². The normalized spacial score (nSPS) is 27.9. The first-order chi connectivity index (χ1) is 8.24. The Hall–Kier alpha value is -1.14. The summed E-state index contributed by atoms with van der Waals surface area (Å²) < 4.78 is 5.23. The average molecular weight is 257 g/mol. The van der Waals surface area contributed by atoms with Gasteiger partial charge in [-0.2, -0.15) is 0 Å². The number of rotatable bonds is 4. The lowest BCUT2D eigenvalue weighted by Crippen LogP contribution is -2.53. The highest BCUT2D eigenvalue weighted by Gasteiger charge is 2.44. The molecule has 0 aromatic carbocycles. The van der Waals surface area contributed by atoms with Crippen molar-refractivity contribution in [2.24, 2.45) is 16.6 Å². The van der Waals surface area contributed by atoms with Crippen LogP contribution in [0.4, 0.5) is 0 Å². The van der Waals surface area contributed by atoms with Crippen molar-refractivity contribution < 1.29 is 14.3 Å². The maximum atomic E-state index is 12.1. The van der Waals surface area contributed by atoms with Crippen LogP contribution in [-0.2, 0) is 14.3 Å². The number of carbonyl (C=O) groups excluding carboxylic acids is 2. The van der Waals surface area contributed by atoms with Gasteiger partial charge in [0.15, 0.2) is 0 Å². The van der Waals surface area contributed by atoms with Crippen LogP contribution in [0, 0.1) is 10.8 Å². The lowest BCUT2D eigenvalue weighted by molar-refractivity contribution is -0.133. The molecule has 0 aromatic rings. The number of amides is 2. The maximum absolute atomic E-state index is 12.1. The SMILES string of the molecule is CNC(=O)C(C)(C)CNC(=O)C1(C)COCC1N. The predicted molar refractivity (Wildman–Crippen MR) is 67.8 cm³/mol. The Morgan fingerprint density at radius 2 is 2.11 bits per heavy atom. The Labute approximate surface area is 108 Å². The molecule has 1 aliphatic heterocycles. The minimum absolute atomic E-state index is 0.111. The third-order valence-corrected chi connectivity index (χ3v) is 3.57. The highest BCUT2D eigenvalue weighted by atomic mass is 16.5. The first kappa shape index (κ1) is 14.9. The van der Waals surface area contributed by atoms with Crippen molar-refractivity contribution in [3.63, 3.8) is 0 Å². The summed E-state index contributed by atoms with van der Waals surface area (Å²) in [5, 5.41) is 5.37. The first-order valence-electron chi connectivity index (χ1n) is 6.08. The number of carbonyl (C=O) groups is 2. The molecule has 6 nitrogen and oxygen atoms in total. The van der Waals surface area contributed by atoms with Crippen LogP contribution < -0.4 is 16.4 Å². The molecule has 2 unspecified atom stereocenters. The third kappa shape index (κ3) is 2.81. The number of nitrogens with one attached hydrogen (secondary N) is 2. The van der Waals surface area contributed by atoms with Crippen LogP contribution in [0.1, 0.15) is 20.8 Å². The minimum Gasteiger partial charge on any atom is -0.379 e. The fourth-order valence-corrected chi connectivity index (χ4v) is 1.84. The second-order valence-corrected chi connectivity index (χ2v) is 5.68.